The molecule has 3 N–H and O–H groups in total. The van der Waals surface area contributed by atoms with Gasteiger partial charge in [0.05, 0.1) is 23.1 Å². The van der Waals surface area contributed by atoms with E-state index < -0.39 is 17.6 Å². The molecule has 1 heterocycles. The van der Waals surface area contributed by atoms with E-state index >= 15 is 0 Å². The van der Waals surface area contributed by atoms with Crippen molar-refractivity contribution >= 4 is 28.5 Å². The molecular formula is C20H17F3N4O2. The molecule has 1 aliphatic rings. The van der Waals surface area contributed by atoms with Crippen LogP contribution < -0.4 is 10.6 Å². The number of H-pyrrole nitrogens is 1. The van der Waals surface area contributed by atoms with Gasteiger partial charge in [-0.3, -0.25) is 9.59 Å². The van der Waals surface area contributed by atoms with Crippen LogP contribution in [0.2, 0.25) is 0 Å². The molecule has 1 saturated carbocycles. The van der Waals surface area contributed by atoms with Gasteiger partial charge in [-0.15, -0.1) is 0 Å². The fourth-order valence-corrected chi connectivity index (χ4v) is 3.21. The van der Waals surface area contributed by atoms with E-state index in [0.717, 1.165) is 29.0 Å². The lowest BCUT2D eigenvalue weighted by Gasteiger charge is -2.10. The molecular weight excluding hydrogens is 385 g/mol. The number of carbonyl (C=O) groups is 2. The number of carbonyl (C=O) groups excluding carboxylic acids is 2. The zero-order chi connectivity index (χ0) is 20.6. The summed E-state index contributed by atoms with van der Waals surface area (Å²) in [5, 5.41) is 4.89. The molecule has 6 nitrogen and oxygen atoms in total. The lowest BCUT2D eigenvalue weighted by molar-refractivity contribution is -0.137. The largest absolute Gasteiger partial charge is 0.416 e. The Bertz CT molecular complexity index is 1040. The van der Waals surface area contributed by atoms with Crippen molar-refractivity contribution in [2.24, 2.45) is 5.92 Å². The van der Waals surface area contributed by atoms with Crippen LogP contribution in [0.3, 0.4) is 0 Å². The van der Waals surface area contributed by atoms with Gasteiger partial charge in [-0.05, 0) is 36.8 Å². The van der Waals surface area contributed by atoms with Crippen molar-refractivity contribution in [3.8, 4) is 0 Å². The summed E-state index contributed by atoms with van der Waals surface area (Å²) < 4.78 is 38.2. The number of aromatic amines is 1. The average Bonchev–Trinajstić information content (AvgIpc) is 3.37. The molecule has 1 aliphatic carbocycles. The third-order valence-electron chi connectivity index (χ3n) is 4.78. The number of aromatic nitrogens is 2. The van der Waals surface area contributed by atoms with Gasteiger partial charge < -0.3 is 15.6 Å². The standard InChI is InChI=1S/C20H17F3N4O2/c21-20(22,23)11-4-3-5-12(8-11)25-17(28)10-24-19(29)14-9-13(14)18-26-15-6-1-2-7-16(15)27-18/h1-8,13-14H,9-10H2,(H,24,29)(H,25,28)(H,26,27)/t13-,14?/m0/s1. The predicted octanol–water partition coefficient (Wildman–Crippen LogP) is 3.44. The Morgan fingerprint density at radius 1 is 1.14 bits per heavy atom. The highest BCUT2D eigenvalue weighted by atomic mass is 19.4. The maximum Gasteiger partial charge on any atom is 0.416 e. The number of fused-ring (bicyclic) bond motifs is 1. The van der Waals surface area contributed by atoms with Gasteiger partial charge in [0.25, 0.3) is 0 Å². The Morgan fingerprint density at radius 3 is 2.69 bits per heavy atom. The van der Waals surface area contributed by atoms with Crippen LogP contribution in [0.15, 0.2) is 48.5 Å². The number of nitrogens with zero attached hydrogens (tertiary/aromatic N) is 1. The smallest absolute Gasteiger partial charge is 0.347 e. The summed E-state index contributed by atoms with van der Waals surface area (Å²) in [7, 11) is 0. The van der Waals surface area contributed by atoms with E-state index in [9.17, 15) is 22.8 Å². The first-order valence-electron chi connectivity index (χ1n) is 9.01. The molecule has 0 spiro atoms. The first-order chi connectivity index (χ1) is 13.8. The first-order valence-corrected chi connectivity index (χ1v) is 9.01. The molecule has 4 rings (SSSR count). The molecule has 1 fully saturated rings. The molecule has 0 radical (unpaired) electrons. The maximum atomic E-state index is 12.7. The van der Waals surface area contributed by atoms with Gasteiger partial charge in [0.15, 0.2) is 0 Å². The van der Waals surface area contributed by atoms with Crippen molar-refractivity contribution in [1.82, 2.24) is 15.3 Å². The molecule has 1 aromatic heterocycles. The van der Waals surface area contributed by atoms with Crippen molar-refractivity contribution in [1.29, 1.82) is 0 Å². The first kappa shape index (κ1) is 19.0. The quantitative estimate of drug-likeness (QED) is 0.611. The average molecular weight is 402 g/mol. The Morgan fingerprint density at radius 2 is 1.93 bits per heavy atom. The van der Waals surface area contributed by atoms with E-state index in [1.807, 2.05) is 24.3 Å². The van der Waals surface area contributed by atoms with Crippen molar-refractivity contribution in [3.63, 3.8) is 0 Å². The highest BCUT2D eigenvalue weighted by molar-refractivity contribution is 5.95. The van der Waals surface area contributed by atoms with Gasteiger partial charge in [-0.2, -0.15) is 13.2 Å². The number of nitrogens with one attached hydrogen (secondary N) is 3. The fourth-order valence-electron chi connectivity index (χ4n) is 3.21. The molecule has 3 aromatic rings. The maximum absolute atomic E-state index is 12.7. The molecule has 29 heavy (non-hydrogen) atoms. The Balaban J connectivity index is 1.29. The van der Waals surface area contributed by atoms with Gasteiger partial charge >= 0.3 is 6.18 Å². The fraction of sp³-hybridized carbons (Fsp3) is 0.250. The van der Waals surface area contributed by atoms with E-state index in [4.69, 9.17) is 0 Å². The Hall–Kier alpha value is -3.36. The summed E-state index contributed by atoms with van der Waals surface area (Å²) in [4.78, 5) is 31.9. The second-order valence-corrected chi connectivity index (χ2v) is 6.93. The van der Waals surface area contributed by atoms with Crippen molar-refractivity contribution in [2.45, 2.75) is 18.5 Å². The number of anilines is 1. The zero-order valence-electron chi connectivity index (χ0n) is 15.1. The van der Waals surface area contributed by atoms with Crippen molar-refractivity contribution in [2.75, 3.05) is 11.9 Å². The van der Waals surface area contributed by atoms with E-state index in [-0.39, 0.29) is 30.0 Å². The number of imidazole rings is 1. The minimum absolute atomic E-state index is 0.0191. The van der Waals surface area contributed by atoms with Crippen LogP contribution in [-0.4, -0.2) is 28.3 Å². The Labute approximate surface area is 163 Å². The molecule has 0 bridgehead atoms. The number of hydrogen-bond donors (Lipinski definition) is 3. The molecule has 2 amide bonds. The number of benzene rings is 2. The topological polar surface area (TPSA) is 86.9 Å². The SMILES string of the molecule is O=C(CNC(=O)C1C[C@@H]1c1nc2ccccc2[nH]1)Nc1cccc(C(F)(F)F)c1. The zero-order valence-corrected chi connectivity index (χ0v) is 15.1. The monoisotopic (exact) mass is 402 g/mol. The minimum Gasteiger partial charge on any atom is -0.347 e. The molecule has 1 unspecified atom stereocenters. The summed E-state index contributed by atoms with van der Waals surface area (Å²) in [5.74, 6) is -0.459. The molecule has 0 saturated heterocycles. The van der Waals surface area contributed by atoms with Crippen LogP contribution in [0.25, 0.3) is 11.0 Å². The number of alkyl halides is 3. The number of hydrogen-bond acceptors (Lipinski definition) is 3. The highest BCUT2D eigenvalue weighted by Crippen LogP contribution is 2.46. The summed E-state index contributed by atoms with van der Waals surface area (Å²) in [5.41, 5.74) is 0.889. The molecule has 150 valence electrons. The van der Waals surface area contributed by atoms with E-state index in [2.05, 4.69) is 20.6 Å². The Kier molecular flexibility index (Phi) is 4.73. The summed E-state index contributed by atoms with van der Waals surface area (Å²) >= 11 is 0. The van der Waals surface area contributed by atoms with Crippen LogP contribution in [0.1, 0.15) is 23.7 Å². The van der Waals surface area contributed by atoms with Gasteiger partial charge in [-0.25, -0.2) is 4.98 Å². The van der Waals surface area contributed by atoms with Gasteiger partial charge in [-0.1, -0.05) is 18.2 Å². The van der Waals surface area contributed by atoms with Gasteiger partial charge in [0.1, 0.15) is 5.82 Å². The summed E-state index contributed by atoms with van der Waals surface area (Å²) in [6, 6.07) is 11.9. The van der Waals surface area contributed by atoms with Crippen LogP contribution >= 0.6 is 0 Å². The number of para-hydroxylation sites is 2. The van der Waals surface area contributed by atoms with Crippen molar-refractivity contribution in [3.05, 3.63) is 59.9 Å². The molecule has 2 atom stereocenters. The van der Waals surface area contributed by atoms with Crippen LogP contribution in [0.4, 0.5) is 18.9 Å². The van der Waals surface area contributed by atoms with Crippen LogP contribution in [0.5, 0.6) is 0 Å². The minimum atomic E-state index is -4.49. The van der Waals surface area contributed by atoms with Crippen molar-refractivity contribution < 1.29 is 22.8 Å². The lowest BCUT2D eigenvalue weighted by atomic mass is 10.2. The second-order valence-electron chi connectivity index (χ2n) is 6.93. The van der Waals surface area contributed by atoms with E-state index in [1.165, 1.54) is 12.1 Å². The van der Waals surface area contributed by atoms with Gasteiger partial charge in [0, 0.05) is 17.5 Å². The summed E-state index contributed by atoms with van der Waals surface area (Å²) in [6.07, 6.45) is -3.87. The molecule has 2 aromatic carbocycles. The number of halogens is 3. The third-order valence-corrected chi connectivity index (χ3v) is 4.78. The lowest BCUT2D eigenvalue weighted by Crippen LogP contribution is -2.34. The molecule has 9 heteroatoms. The third kappa shape index (κ3) is 4.23. The normalized spacial score (nSPS) is 18.4. The molecule has 0 aliphatic heterocycles. The number of rotatable bonds is 5. The van der Waals surface area contributed by atoms with Crippen LogP contribution in [0, 0.1) is 5.92 Å². The predicted molar refractivity (Wildman–Crippen MR) is 100 cm³/mol. The number of amides is 2. The van der Waals surface area contributed by atoms with Crippen LogP contribution in [-0.2, 0) is 15.8 Å². The van der Waals surface area contributed by atoms with Gasteiger partial charge in [0.2, 0.25) is 11.8 Å². The van der Waals surface area contributed by atoms with E-state index in [1.54, 1.807) is 0 Å². The second kappa shape index (κ2) is 7.23. The van der Waals surface area contributed by atoms with E-state index in [0.29, 0.717) is 6.42 Å². The summed E-state index contributed by atoms with van der Waals surface area (Å²) in [6.45, 7) is -0.321. The highest BCUT2D eigenvalue weighted by Gasteiger charge is 2.46.